The van der Waals surface area contributed by atoms with Crippen molar-refractivity contribution in [2.24, 2.45) is 0 Å². The van der Waals surface area contributed by atoms with Gasteiger partial charge in [0.1, 0.15) is 11.8 Å². The smallest absolute Gasteiger partial charge is 0.308 e. The van der Waals surface area contributed by atoms with E-state index in [1.165, 1.54) is 55.5 Å². The Balaban J connectivity index is 1.47. The average Bonchev–Trinajstić information content (AvgIpc) is 3.44. The third-order valence-corrected chi connectivity index (χ3v) is 8.70. The maximum Gasteiger partial charge on any atom is 0.308 e. The van der Waals surface area contributed by atoms with Gasteiger partial charge < -0.3 is 9.72 Å². The van der Waals surface area contributed by atoms with E-state index in [0.29, 0.717) is 11.4 Å². The van der Waals surface area contributed by atoms with Crippen molar-refractivity contribution in [3.63, 3.8) is 0 Å². The molecule has 1 saturated heterocycles. The summed E-state index contributed by atoms with van der Waals surface area (Å²) in [7, 11) is -4.18. The third kappa shape index (κ3) is 5.31. The third-order valence-electron chi connectivity index (χ3n) is 6.52. The predicted octanol–water partition coefficient (Wildman–Crippen LogP) is 4.31. The van der Waals surface area contributed by atoms with Crippen LogP contribution in [0.3, 0.4) is 0 Å². The van der Waals surface area contributed by atoms with Gasteiger partial charge in [0.25, 0.3) is 5.91 Å². The molecule has 1 aliphatic heterocycles. The lowest BCUT2D eigenvalue weighted by molar-refractivity contribution is -0.132. The van der Waals surface area contributed by atoms with Crippen LogP contribution in [0.5, 0.6) is 5.75 Å². The summed E-state index contributed by atoms with van der Waals surface area (Å²) in [6.07, 6.45) is 1.81. The number of sulfonamides is 1. The zero-order chi connectivity index (χ0) is 27.7. The van der Waals surface area contributed by atoms with Gasteiger partial charge in [-0.2, -0.15) is 4.31 Å². The Kier molecular flexibility index (Phi) is 7.26. The summed E-state index contributed by atoms with van der Waals surface area (Å²) >= 11 is 5.98. The molecule has 9 nitrogen and oxygen atoms in total. The predicted molar refractivity (Wildman–Crippen MR) is 146 cm³/mol. The number of halogens is 1. The molecule has 0 aliphatic carbocycles. The monoisotopic (exact) mass is 565 g/mol. The highest BCUT2D eigenvalue weighted by Crippen LogP contribution is 2.31. The first-order valence-electron chi connectivity index (χ1n) is 12.1. The summed E-state index contributed by atoms with van der Waals surface area (Å²) in [6, 6.07) is 18.0. The number of amides is 2. The summed E-state index contributed by atoms with van der Waals surface area (Å²) in [4.78, 5) is 42.0. The van der Waals surface area contributed by atoms with Crippen molar-refractivity contribution < 1.29 is 27.5 Å². The van der Waals surface area contributed by atoms with Crippen LogP contribution in [0.2, 0.25) is 5.02 Å². The zero-order valence-electron chi connectivity index (χ0n) is 20.8. The number of fused-ring (bicyclic) bond motifs is 1. The fourth-order valence-corrected chi connectivity index (χ4v) is 6.40. The van der Waals surface area contributed by atoms with Crippen LogP contribution in [-0.2, 0) is 30.8 Å². The lowest BCUT2D eigenvalue weighted by Crippen LogP contribution is -2.46. The number of anilines is 1. The molecule has 4 aromatic rings. The quantitative estimate of drug-likeness (QED) is 0.193. The number of ether oxygens (including phenoxy) is 1. The maximum absolute atomic E-state index is 13.8. The Morgan fingerprint density at radius 2 is 1.74 bits per heavy atom. The van der Waals surface area contributed by atoms with E-state index in [1.807, 2.05) is 30.5 Å². The van der Waals surface area contributed by atoms with E-state index in [-0.39, 0.29) is 29.3 Å². The number of benzene rings is 3. The second-order valence-electron chi connectivity index (χ2n) is 9.05. The van der Waals surface area contributed by atoms with Gasteiger partial charge in [-0.1, -0.05) is 29.8 Å². The van der Waals surface area contributed by atoms with Gasteiger partial charge in [0, 0.05) is 35.6 Å². The Morgan fingerprint density at radius 3 is 2.44 bits per heavy atom. The molecule has 1 aromatic heterocycles. The standard InChI is InChI=1S/C28H24ClN3O6S/c1-18(33)38-22-10-8-21(9-11-22)32-27(34)16-26(28(32)35)31(39(36,37)23-12-6-20(29)7-13-23)15-14-19-17-30-25-5-3-2-4-24(19)25/h2-13,17,26,30H,14-16H2,1H3. The normalized spacial score (nSPS) is 15.9. The first-order chi connectivity index (χ1) is 18.6. The van der Waals surface area contributed by atoms with Crippen LogP contribution < -0.4 is 9.64 Å². The first kappa shape index (κ1) is 26.6. The molecule has 0 saturated carbocycles. The molecule has 1 aliphatic rings. The van der Waals surface area contributed by atoms with Gasteiger partial charge >= 0.3 is 5.97 Å². The lowest BCUT2D eigenvalue weighted by Gasteiger charge is -2.27. The van der Waals surface area contributed by atoms with Crippen LogP contribution in [0, 0.1) is 0 Å². The number of aromatic nitrogens is 1. The second-order valence-corrected chi connectivity index (χ2v) is 11.4. The fourth-order valence-electron chi connectivity index (χ4n) is 4.70. The minimum Gasteiger partial charge on any atom is -0.427 e. The summed E-state index contributed by atoms with van der Waals surface area (Å²) < 4.78 is 33.8. The molecular weight excluding hydrogens is 542 g/mol. The average molecular weight is 566 g/mol. The van der Waals surface area contributed by atoms with Crippen molar-refractivity contribution in [3.05, 3.63) is 89.6 Å². The number of hydrogen-bond donors (Lipinski definition) is 1. The second kappa shape index (κ2) is 10.6. The molecule has 200 valence electrons. The van der Waals surface area contributed by atoms with Gasteiger partial charge in [0.2, 0.25) is 15.9 Å². The Morgan fingerprint density at radius 1 is 1.05 bits per heavy atom. The highest BCUT2D eigenvalue weighted by molar-refractivity contribution is 7.89. The number of carbonyl (C=O) groups is 3. The molecular formula is C28H24ClN3O6S. The number of rotatable bonds is 8. The highest BCUT2D eigenvalue weighted by atomic mass is 35.5. The Labute approximate surface area is 230 Å². The largest absolute Gasteiger partial charge is 0.427 e. The van der Waals surface area contributed by atoms with Gasteiger partial charge in [0.15, 0.2) is 0 Å². The van der Waals surface area contributed by atoms with Gasteiger partial charge in [0.05, 0.1) is 17.0 Å². The first-order valence-corrected chi connectivity index (χ1v) is 13.9. The number of esters is 1. The number of para-hydroxylation sites is 1. The maximum atomic E-state index is 13.8. The van der Waals surface area contributed by atoms with Gasteiger partial charge in [-0.15, -0.1) is 0 Å². The van der Waals surface area contributed by atoms with Crippen molar-refractivity contribution >= 4 is 56.0 Å². The van der Waals surface area contributed by atoms with Crippen LogP contribution in [-0.4, -0.2) is 48.1 Å². The molecule has 0 bridgehead atoms. The van der Waals surface area contributed by atoms with E-state index in [4.69, 9.17) is 16.3 Å². The van der Waals surface area contributed by atoms with E-state index in [1.54, 1.807) is 0 Å². The summed E-state index contributed by atoms with van der Waals surface area (Å²) in [6.45, 7) is 1.23. The SMILES string of the molecule is CC(=O)Oc1ccc(N2C(=O)CC(N(CCc3c[nH]c4ccccc34)S(=O)(=O)c3ccc(Cl)cc3)C2=O)cc1. The van der Waals surface area contributed by atoms with Crippen molar-refractivity contribution in [2.75, 3.05) is 11.4 Å². The van der Waals surface area contributed by atoms with Crippen LogP contribution >= 0.6 is 11.6 Å². The highest BCUT2D eigenvalue weighted by Gasteiger charge is 2.46. The summed E-state index contributed by atoms with van der Waals surface area (Å²) in [5.74, 6) is -1.44. The number of nitrogens with zero attached hydrogens (tertiary/aromatic N) is 2. The number of aromatic amines is 1. The summed E-state index contributed by atoms with van der Waals surface area (Å²) in [5, 5.41) is 1.32. The van der Waals surface area contributed by atoms with Crippen LogP contribution in [0.4, 0.5) is 5.69 Å². The molecule has 5 rings (SSSR count). The zero-order valence-corrected chi connectivity index (χ0v) is 22.4. The van der Waals surface area contributed by atoms with E-state index >= 15 is 0 Å². The van der Waals surface area contributed by atoms with E-state index in [0.717, 1.165) is 25.7 Å². The number of H-pyrrole nitrogens is 1. The van der Waals surface area contributed by atoms with Gasteiger partial charge in [-0.3, -0.25) is 14.4 Å². The molecule has 0 radical (unpaired) electrons. The molecule has 1 N–H and O–H groups in total. The minimum atomic E-state index is -4.18. The Hall–Kier alpha value is -3.99. The van der Waals surface area contributed by atoms with Crippen LogP contribution in [0.25, 0.3) is 10.9 Å². The lowest BCUT2D eigenvalue weighted by atomic mass is 10.1. The van der Waals surface area contributed by atoms with Crippen LogP contribution in [0.1, 0.15) is 18.9 Å². The number of carbonyl (C=O) groups excluding carboxylic acids is 3. The molecule has 1 fully saturated rings. The van der Waals surface area contributed by atoms with Crippen molar-refractivity contribution in [3.8, 4) is 5.75 Å². The Bertz CT molecular complexity index is 1670. The molecule has 3 aromatic carbocycles. The van der Waals surface area contributed by atoms with Crippen molar-refractivity contribution in [1.29, 1.82) is 0 Å². The summed E-state index contributed by atoms with van der Waals surface area (Å²) in [5.41, 5.74) is 2.05. The fraction of sp³-hybridized carbons (Fsp3) is 0.179. The molecule has 11 heteroatoms. The number of nitrogens with one attached hydrogen (secondary N) is 1. The van der Waals surface area contributed by atoms with Crippen LogP contribution in [0.15, 0.2) is 83.9 Å². The van der Waals surface area contributed by atoms with E-state index < -0.39 is 33.8 Å². The number of hydrogen-bond acceptors (Lipinski definition) is 6. The molecule has 1 unspecified atom stereocenters. The molecule has 0 spiro atoms. The molecule has 39 heavy (non-hydrogen) atoms. The molecule has 2 heterocycles. The molecule has 1 atom stereocenters. The van der Waals surface area contributed by atoms with E-state index in [2.05, 4.69) is 4.98 Å². The van der Waals surface area contributed by atoms with Crippen molar-refractivity contribution in [2.45, 2.75) is 30.7 Å². The minimum absolute atomic E-state index is 0.0320. The van der Waals surface area contributed by atoms with Crippen molar-refractivity contribution in [1.82, 2.24) is 9.29 Å². The number of imide groups is 1. The van der Waals surface area contributed by atoms with Gasteiger partial charge in [-0.05, 0) is 66.6 Å². The van der Waals surface area contributed by atoms with E-state index in [9.17, 15) is 22.8 Å². The topological polar surface area (TPSA) is 117 Å². The molecule has 2 amide bonds. The van der Waals surface area contributed by atoms with Gasteiger partial charge in [-0.25, -0.2) is 13.3 Å².